The summed E-state index contributed by atoms with van der Waals surface area (Å²) in [6.07, 6.45) is 5.81. The van der Waals surface area contributed by atoms with Crippen LogP contribution in [0.15, 0.2) is 12.1 Å². The summed E-state index contributed by atoms with van der Waals surface area (Å²) in [6, 6.07) is 4.44. The predicted molar refractivity (Wildman–Crippen MR) is 87.0 cm³/mol. The molecule has 0 bridgehead atoms. The number of rotatable bonds is 5. The molecule has 22 heavy (non-hydrogen) atoms. The number of ether oxygens (including phenoxy) is 3. The van der Waals surface area contributed by atoms with Gasteiger partial charge in [-0.05, 0) is 58.7 Å². The minimum atomic E-state index is -0.0304. The second-order valence-corrected chi connectivity index (χ2v) is 6.21. The molecule has 1 aliphatic heterocycles. The monoisotopic (exact) mass is 305 g/mol. The van der Waals surface area contributed by atoms with E-state index in [1.165, 1.54) is 18.4 Å². The molecule has 122 valence electrons. The molecule has 1 atom stereocenters. The van der Waals surface area contributed by atoms with Crippen LogP contribution in [0.2, 0.25) is 0 Å². The quantitative estimate of drug-likeness (QED) is 0.897. The van der Waals surface area contributed by atoms with Gasteiger partial charge in [0.15, 0.2) is 11.5 Å². The van der Waals surface area contributed by atoms with Gasteiger partial charge in [-0.25, -0.2) is 0 Å². The summed E-state index contributed by atoms with van der Waals surface area (Å²) in [6.45, 7) is 5.22. The van der Waals surface area contributed by atoms with Crippen molar-refractivity contribution >= 4 is 0 Å². The summed E-state index contributed by atoms with van der Waals surface area (Å²) >= 11 is 0. The molecular weight excluding hydrogens is 278 g/mol. The zero-order valence-corrected chi connectivity index (χ0v) is 13.9. The van der Waals surface area contributed by atoms with Crippen molar-refractivity contribution in [1.29, 1.82) is 0 Å². The fraction of sp³-hybridized carbons (Fsp3) is 0.667. The maximum atomic E-state index is 6.54. The van der Waals surface area contributed by atoms with E-state index in [2.05, 4.69) is 11.4 Å². The highest BCUT2D eigenvalue weighted by Crippen LogP contribution is 2.52. The van der Waals surface area contributed by atoms with E-state index in [0.29, 0.717) is 19.3 Å². The van der Waals surface area contributed by atoms with Crippen molar-refractivity contribution in [1.82, 2.24) is 5.32 Å². The van der Waals surface area contributed by atoms with E-state index < -0.39 is 0 Å². The first-order chi connectivity index (χ1) is 10.7. The first kappa shape index (κ1) is 15.5. The Morgan fingerprint density at radius 3 is 2.55 bits per heavy atom. The average molecular weight is 305 g/mol. The largest absolute Gasteiger partial charge is 0.490 e. The molecule has 4 heteroatoms. The van der Waals surface area contributed by atoms with E-state index in [-0.39, 0.29) is 5.60 Å². The van der Waals surface area contributed by atoms with Crippen LogP contribution in [0.1, 0.15) is 57.6 Å². The summed E-state index contributed by atoms with van der Waals surface area (Å²) in [4.78, 5) is 0. The number of benzene rings is 1. The molecule has 1 N–H and O–H groups in total. The molecule has 1 heterocycles. The van der Waals surface area contributed by atoms with E-state index >= 15 is 0 Å². The average Bonchev–Trinajstić information content (AvgIpc) is 2.97. The number of fused-ring (bicyclic) bond motifs is 1. The molecule has 1 fully saturated rings. The maximum Gasteiger partial charge on any atom is 0.203 e. The molecule has 0 radical (unpaired) electrons. The van der Waals surface area contributed by atoms with Gasteiger partial charge < -0.3 is 19.5 Å². The first-order valence-electron chi connectivity index (χ1n) is 8.52. The maximum absolute atomic E-state index is 6.54. The van der Waals surface area contributed by atoms with Gasteiger partial charge in [0.1, 0.15) is 5.60 Å². The molecule has 1 spiro atoms. The fourth-order valence-corrected chi connectivity index (χ4v) is 3.81. The topological polar surface area (TPSA) is 39.7 Å². The molecule has 0 amide bonds. The van der Waals surface area contributed by atoms with Crippen LogP contribution in [0, 0.1) is 0 Å². The molecule has 1 saturated carbocycles. The van der Waals surface area contributed by atoms with Crippen molar-refractivity contribution in [3.05, 3.63) is 17.7 Å². The summed E-state index contributed by atoms with van der Waals surface area (Å²) in [7, 11) is 2.03. The third kappa shape index (κ3) is 2.65. The minimum absolute atomic E-state index is 0.0304. The summed E-state index contributed by atoms with van der Waals surface area (Å²) in [5.41, 5.74) is 1.16. The second kappa shape index (κ2) is 6.37. The third-order valence-corrected chi connectivity index (χ3v) is 4.83. The van der Waals surface area contributed by atoms with Gasteiger partial charge in [0.2, 0.25) is 5.75 Å². The van der Waals surface area contributed by atoms with Gasteiger partial charge in [-0.1, -0.05) is 0 Å². The van der Waals surface area contributed by atoms with Crippen molar-refractivity contribution in [2.45, 2.75) is 57.6 Å². The van der Waals surface area contributed by atoms with Crippen LogP contribution in [0.5, 0.6) is 17.2 Å². The Labute approximate surface area is 133 Å². The van der Waals surface area contributed by atoms with Crippen LogP contribution >= 0.6 is 0 Å². The lowest BCUT2D eigenvalue weighted by molar-refractivity contribution is 0.0336. The van der Waals surface area contributed by atoms with Crippen LogP contribution in [0.4, 0.5) is 0 Å². The van der Waals surface area contributed by atoms with Crippen LogP contribution in [-0.2, 0) is 0 Å². The van der Waals surface area contributed by atoms with Gasteiger partial charge >= 0.3 is 0 Å². The van der Waals surface area contributed by atoms with Crippen LogP contribution in [0.3, 0.4) is 0 Å². The molecule has 1 aromatic carbocycles. The lowest BCUT2D eigenvalue weighted by Gasteiger charge is -2.40. The lowest BCUT2D eigenvalue weighted by atomic mass is 9.85. The highest BCUT2D eigenvalue weighted by molar-refractivity contribution is 5.58. The van der Waals surface area contributed by atoms with Gasteiger partial charge in [0, 0.05) is 18.0 Å². The second-order valence-electron chi connectivity index (χ2n) is 6.21. The summed E-state index contributed by atoms with van der Waals surface area (Å²) in [5.74, 6) is 2.45. The Kier molecular flexibility index (Phi) is 4.48. The number of hydrogen-bond acceptors (Lipinski definition) is 4. The zero-order valence-electron chi connectivity index (χ0n) is 13.9. The molecule has 1 aliphatic carbocycles. The molecule has 2 aliphatic rings. The molecule has 0 aromatic heterocycles. The Morgan fingerprint density at radius 1 is 1.18 bits per heavy atom. The van der Waals surface area contributed by atoms with Gasteiger partial charge in [-0.2, -0.15) is 0 Å². The van der Waals surface area contributed by atoms with Gasteiger partial charge in [0.05, 0.1) is 13.2 Å². The fourth-order valence-electron chi connectivity index (χ4n) is 3.81. The van der Waals surface area contributed by atoms with E-state index in [0.717, 1.165) is 36.5 Å². The zero-order chi connectivity index (χ0) is 15.6. The normalized spacial score (nSPS) is 22.2. The van der Waals surface area contributed by atoms with Gasteiger partial charge in [0.25, 0.3) is 0 Å². The highest BCUT2D eigenvalue weighted by Gasteiger charge is 2.44. The van der Waals surface area contributed by atoms with Crippen molar-refractivity contribution in [2.75, 3.05) is 20.3 Å². The molecule has 1 aromatic rings. The Balaban J connectivity index is 2.06. The molecule has 0 saturated heterocycles. The Bertz CT molecular complexity index is 523. The standard InChI is InChI=1S/C18H27NO3/c1-4-20-15-9-8-13-14(19-3)12-18(10-6-7-11-18)22-16(13)17(15)21-5-2/h8-9,14,19H,4-7,10-12H2,1-3H3. The number of nitrogens with one attached hydrogen (secondary N) is 1. The van der Waals surface area contributed by atoms with Gasteiger partial charge in [-0.15, -0.1) is 0 Å². The molecule has 1 unspecified atom stereocenters. The van der Waals surface area contributed by atoms with Crippen LogP contribution in [-0.4, -0.2) is 25.9 Å². The van der Waals surface area contributed by atoms with Crippen molar-refractivity contribution in [2.24, 2.45) is 0 Å². The van der Waals surface area contributed by atoms with Crippen LogP contribution < -0.4 is 19.5 Å². The number of hydrogen-bond donors (Lipinski definition) is 1. The Hall–Kier alpha value is -1.42. The predicted octanol–water partition coefficient (Wildman–Crippen LogP) is 3.84. The summed E-state index contributed by atoms with van der Waals surface area (Å²) < 4.78 is 18.2. The van der Waals surface area contributed by atoms with E-state index in [4.69, 9.17) is 14.2 Å². The van der Waals surface area contributed by atoms with Crippen molar-refractivity contribution in [3.8, 4) is 17.2 Å². The van der Waals surface area contributed by atoms with E-state index in [9.17, 15) is 0 Å². The first-order valence-corrected chi connectivity index (χ1v) is 8.52. The van der Waals surface area contributed by atoms with Crippen LogP contribution in [0.25, 0.3) is 0 Å². The van der Waals surface area contributed by atoms with Crippen molar-refractivity contribution < 1.29 is 14.2 Å². The minimum Gasteiger partial charge on any atom is -0.490 e. The lowest BCUT2D eigenvalue weighted by Crippen LogP contribution is -2.41. The van der Waals surface area contributed by atoms with E-state index in [1.54, 1.807) is 0 Å². The van der Waals surface area contributed by atoms with E-state index in [1.807, 2.05) is 27.0 Å². The Morgan fingerprint density at radius 2 is 1.91 bits per heavy atom. The SMILES string of the molecule is CCOc1ccc2c(c1OCC)OC1(CCCC1)CC2NC. The van der Waals surface area contributed by atoms with Gasteiger partial charge in [-0.3, -0.25) is 0 Å². The third-order valence-electron chi connectivity index (χ3n) is 4.83. The molecular formula is C18H27NO3. The van der Waals surface area contributed by atoms with Crippen molar-refractivity contribution in [3.63, 3.8) is 0 Å². The smallest absolute Gasteiger partial charge is 0.203 e. The molecule has 4 nitrogen and oxygen atoms in total. The molecule has 3 rings (SSSR count). The summed E-state index contributed by atoms with van der Waals surface area (Å²) in [5, 5.41) is 3.46. The highest BCUT2D eigenvalue weighted by atomic mass is 16.6.